The Hall–Kier alpha value is -3.02. The summed E-state index contributed by atoms with van der Waals surface area (Å²) in [7, 11) is 0. The number of rotatable bonds is 5. The zero-order valence-electron chi connectivity index (χ0n) is 12.8. The van der Waals surface area contributed by atoms with Gasteiger partial charge in [-0.15, -0.1) is 0 Å². The molecule has 0 fully saturated rings. The minimum atomic E-state index is -1.15. The molecule has 0 unspecified atom stereocenters. The first-order valence-corrected chi connectivity index (χ1v) is 6.93. The van der Waals surface area contributed by atoms with Crippen LogP contribution < -0.4 is 10.1 Å². The topological polar surface area (TPSA) is 95.9 Å². The number of hydrogen-bond acceptors (Lipinski definition) is 4. The lowest BCUT2D eigenvalue weighted by Gasteiger charge is -2.10. The van der Waals surface area contributed by atoms with Crippen molar-refractivity contribution in [2.75, 3.05) is 11.9 Å². The predicted molar refractivity (Wildman–Crippen MR) is 85.1 cm³/mol. The fraction of sp³-hybridized carbons (Fsp3) is 0.176. The first-order valence-electron chi connectivity index (χ1n) is 6.93. The number of aromatic carboxylic acids is 1. The first-order chi connectivity index (χ1) is 10.9. The van der Waals surface area contributed by atoms with Crippen LogP contribution in [-0.4, -0.2) is 28.7 Å². The van der Waals surface area contributed by atoms with E-state index >= 15 is 0 Å². The normalized spacial score (nSPS) is 10.2. The van der Waals surface area contributed by atoms with Crippen molar-refractivity contribution in [1.82, 2.24) is 0 Å². The smallest absolute Gasteiger partial charge is 0.335 e. The highest BCUT2D eigenvalue weighted by atomic mass is 16.5. The fourth-order valence-electron chi connectivity index (χ4n) is 1.91. The van der Waals surface area contributed by atoms with Crippen molar-refractivity contribution in [3.05, 3.63) is 53.1 Å². The van der Waals surface area contributed by atoms with Crippen molar-refractivity contribution >= 4 is 17.6 Å². The SMILES string of the molecule is Cc1ccc(OCC(=O)Nc2cc(C(=O)O)ccc2O)cc1C. The van der Waals surface area contributed by atoms with Crippen LogP contribution in [0.15, 0.2) is 36.4 Å². The third-order valence-electron chi connectivity index (χ3n) is 3.37. The van der Waals surface area contributed by atoms with E-state index in [1.165, 1.54) is 18.2 Å². The van der Waals surface area contributed by atoms with E-state index in [1.54, 1.807) is 6.07 Å². The highest BCUT2D eigenvalue weighted by Gasteiger charge is 2.11. The van der Waals surface area contributed by atoms with Gasteiger partial charge in [0.15, 0.2) is 6.61 Å². The van der Waals surface area contributed by atoms with Gasteiger partial charge in [-0.2, -0.15) is 0 Å². The molecule has 0 aliphatic carbocycles. The maximum absolute atomic E-state index is 11.9. The van der Waals surface area contributed by atoms with Gasteiger partial charge in [0, 0.05) is 0 Å². The summed E-state index contributed by atoms with van der Waals surface area (Å²) in [5.74, 6) is -1.30. The number of carboxylic acid groups (broad SMARTS) is 1. The zero-order chi connectivity index (χ0) is 17.0. The average molecular weight is 315 g/mol. The van der Waals surface area contributed by atoms with E-state index in [2.05, 4.69) is 5.32 Å². The molecule has 0 aromatic heterocycles. The van der Waals surface area contributed by atoms with Gasteiger partial charge < -0.3 is 20.3 Å². The van der Waals surface area contributed by atoms with Crippen molar-refractivity contribution in [1.29, 1.82) is 0 Å². The van der Waals surface area contributed by atoms with Crippen LogP contribution in [0.3, 0.4) is 0 Å². The number of carbonyl (C=O) groups excluding carboxylic acids is 1. The number of ether oxygens (including phenoxy) is 1. The molecular formula is C17H17NO5. The highest BCUT2D eigenvalue weighted by molar-refractivity contribution is 5.96. The second-order valence-electron chi connectivity index (χ2n) is 5.12. The molecule has 2 aromatic carbocycles. The summed E-state index contributed by atoms with van der Waals surface area (Å²) < 4.78 is 5.38. The van der Waals surface area contributed by atoms with E-state index in [0.29, 0.717) is 5.75 Å². The lowest BCUT2D eigenvalue weighted by molar-refractivity contribution is -0.118. The summed E-state index contributed by atoms with van der Waals surface area (Å²) in [5, 5.41) is 21.0. The molecule has 1 amide bonds. The molecule has 0 radical (unpaired) electrons. The van der Waals surface area contributed by atoms with Crippen LogP contribution in [0.1, 0.15) is 21.5 Å². The first kappa shape index (κ1) is 16.4. The standard InChI is InChI=1S/C17H17NO5/c1-10-3-5-13(7-11(10)2)23-9-16(20)18-14-8-12(17(21)22)4-6-15(14)19/h3-8,19H,9H2,1-2H3,(H,18,20)(H,21,22). The Labute approximate surface area is 133 Å². The number of amides is 1. The summed E-state index contributed by atoms with van der Waals surface area (Å²) in [6.45, 7) is 3.67. The number of nitrogens with one attached hydrogen (secondary N) is 1. The number of hydrogen-bond donors (Lipinski definition) is 3. The van der Waals surface area contributed by atoms with Gasteiger partial charge in [-0.1, -0.05) is 6.07 Å². The molecule has 0 saturated carbocycles. The lowest BCUT2D eigenvalue weighted by atomic mass is 10.1. The number of phenolic OH excluding ortho intramolecular Hbond substituents is 1. The van der Waals surface area contributed by atoms with Crippen molar-refractivity contribution in [2.24, 2.45) is 0 Å². The van der Waals surface area contributed by atoms with E-state index in [4.69, 9.17) is 9.84 Å². The number of carbonyl (C=O) groups is 2. The molecule has 120 valence electrons. The maximum Gasteiger partial charge on any atom is 0.335 e. The molecule has 2 rings (SSSR count). The third-order valence-corrected chi connectivity index (χ3v) is 3.37. The van der Waals surface area contributed by atoms with Gasteiger partial charge in [0.2, 0.25) is 0 Å². The minimum absolute atomic E-state index is 0.0265. The Balaban J connectivity index is 2.00. The average Bonchev–Trinajstić information content (AvgIpc) is 2.50. The van der Waals surface area contributed by atoms with Gasteiger partial charge in [0.25, 0.3) is 5.91 Å². The van der Waals surface area contributed by atoms with Gasteiger partial charge in [-0.25, -0.2) is 4.79 Å². The van der Waals surface area contributed by atoms with Crippen molar-refractivity contribution < 1.29 is 24.5 Å². The summed E-state index contributed by atoms with van der Waals surface area (Å²) >= 11 is 0. The van der Waals surface area contributed by atoms with E-state index < -0.39 is 11.9 Å². The summed E-state index contributed by atoms with van der Waals surface area (Å²) in [6.07, 6.45) is 0. The maximum atomic E-state index is 11.9. The van der Waals surface area contributed by atoms with Gasteiger partial charge in [-0.05, 0) is 55.3 Å². The monoisotopic (exact) mass is 315 g/mol. The molecular weight excluding hydrogens is 298 g/mol. The van der Waals surface area contributed by atoms with E-state index in [-0.39, 0.29) is 23.6 Å². The quantitative estimate of drug-likeness (QED) is 0.737. The molecule has 0 saturated heterocycles. The van der Waals surface area contributed by atoms with Crippen molar-refractivity contribution in [3.8, 4) is 11.5 Å². The number of anilines is 1. The molecule has 0 heterocycles. The van der Waals surface area contributed by atoms with E-state index in [1.807, 2.05) is 26.0 Å². The van der Waals surface area contributed by atoms with Crippen LogP contribution in [0.25, 0.3) is 0 Å². The molecule has 6 heteroatoms. The van der Waals surface area contributed by atoms with E-state index in [9.17, 15) is 14.7 Å². The molecule has 0 aliphatic heterocycles. The van der Waals surface area contributed by atoms with Gasteiger partial charge >= 0.3 is 5.97 Å². The highest BCUT2D eigenvalue weighted by Crippen LogP contribution is 2.24. The Morgan fingerprint density at radius 2 is 1.83 bits per heavy atom. The van der Waals surface area contributed by atoms with Gasteiger partial charge in [-0.3, -0.25) is 4.79 Å². The second kappa shape index (κ2) is 6.83. The Bertz CT molecular complexity index is 755. The van der Waals surface area contributed by atoms with Crippen LogP contribution >= 0.6 is 0 Å². The minimum Gasteiger partial charge on any atom is -0.506 e. The van der Waals surface area contributed by atoms with Crippen LogP contribution in [0.5, 0.6) is 11.5 Å². The molecule has 0 bridgehead atoms. The zero-order valence-corrected chi connectivity index (χ0v) is 12.8. The number of benzene rings is 2. The lowest BCUT2D eigenvalue weighted by Crippen LogP contribution is -2.20. The summed E-state index contributed by atoms with van der Waals surface area (Å²) in [6, 6.07) is 9.13. The van der Waals surface area contributed by atoms with Crippen molar-refractivity contribution in [2.45, 2.75) is 13.8 Å². The summed E-state index contributed by atoms with van der Waals surface area (Å²) in [5.41, 5.74) is 2.17. The molecule has 3 N–H and O–H groups in total. The Kier molecular flexibility index (Phi) is 4.85. The molecule has 2 aromatic rings. The molecule has 0 aliphatic rings. The van der Waals surface area contributed by atoms with Crippen molar-refractivity contribution in [3.63, 3.8) is 0 Å². The number of phenols is 1. The molecule has 0 atom stereocenters. The molecule has 0 spiro atoms. The van der Waals surface area contributed by atoms with Crippen LogP contribution in [-0.2, 0) is 4.79 Å². The Morgan fingerprint density at radius 1 is 1.09 bits per heavy atom. The van der Waals surface area contributed by atoms with E-state index in [0.717, 1.165) is 11.1 Å². The molecule has 6 nitrogen and oxygen atoms in total. The number of carboxylic acids is 1. The van der Waals surface area contributed by atoms with Crippen LogP contribution in [0, 0.1) is 13.8 Å². The summed E-state index contributed by atoms with van der Waals surface area (Å²) in [4.78, 5) is 22.8. The van der Waals surface area contributed by atoms with Crippen LogP contribution in [0.4, 0.5) is 5.69 Å². The number of aromatic hydroxyl groups is 1. The largest absolute Gasteiger partial charge is 0.506 e. The number of aryl methyl sites for hydroxylation is 2. The van der Waals surface area contributed by atoms with Gasteiger partial charge in [0.1, 0.15) is 11.5 Å². The van der Waals surface area contributed by atoms with Gasteiger partial charge in [0.05, 0.1) is 11.3 Å². The fourth-order valence-corrected chi connectivity index (χ4v) is 1.91. The predicted octanol–water partition coefficient (Wildman–Crippen LogP) is 2.72. The third kappa shape index (κ3) is 4.23. The molecule has 23 heavy (non-hydrogen) atoms. The second-order valence-corrected chi connectivity index (χ2v) is 5.12. The Morgan fingerprint density at radius 3 is 2.48 bits per heavy atom. The van der Waals surface area contributed by atoms with Crippen LogP contribution in [0.2, 0.25) is 0 Å².